The standard InChI is InChI=1S/C18H23NO2/c1-12-10-18(21-4)13(2)9-16(12)17(19)11-14-5-7-15(20-3)8-6-14/h5-10,17H,11,19H2,1-4H3. The summed E-state index contributed by atoms with van der Waals surface area (Å²) in [6.45, 7) is 4.12. The number of nitrogens with two attached hydrogens (primary N) is 1. The third kappa shape index (κ3) is 3.56. The van der Waals surface area contributed by atoms with Crippen LogP contribution in [0.3, 0.4) is 0 Å². The minimum absolute atomic E-state index is 0.0250. The molecule has 0 saturated heterocycles. The van der Waals surface area contributed by atoms with Crippen molar-refractivity contribution in [3.63, 3.8) is 0 Å². The molecule has 3 heteroatoms. The van der Waals surface area contributed by atoms with Crippen molar-refractivity contribution >= 4 is 0 Å². The quantitative estimate of drug-likeness (QED) is 0.913. The molecule has 0 amide bonds. The first kappa shape index (κ1) is 15.4. The van der Waals surface area contributed by atoms with E-state index >= 15 is 0 Å². The van der Waals surface area contributed by atoms with E-state index < -0.39 is 0 Å². The maximum Gasteiger partial charge on any atom is 0.122 e. The van der Waals surface area contributed by atoms with Crippen LogP contribution in [0, 0.1) is 13.8 Å². The Morgan fingerprint density at radius 1 is 0.952 bits per heavy atom. The highest BCUT2D eigenvalue weighted by atomic mass is 16.5. The summed E-state index contributed by atoms with van der Waals surface area (Å²) in [6.07, 6.45) is 0.802. The van der Waals surface area contributed by atoms with Gasteiger partial charge in [-0.2, -0.15) is 0 Å². The van der Waals surface area contributed by atoms with E-state index in [9.17, 15) is 0 Å². The maximum atomic E-state index is 6.39. The van der Waals surface area contributed by atoms with Crippen LogP contribution in [0.2, 0.25) is 0 Å². The van der Waals surface area contributed by atoms with E-state index in [-0.39, 0.29) is 6.04 Å². The topological polar surface area (TPSA) is 44.5 Å². The van der Waals surface area contributed by atoms with Crippen LogP contribution in [-0.4, -0.2) is 14.2 Å². The second-order valence-corrected chi connectivity index (χ2v) is 5.34. The Morgan fingerprint density at radius 3 is 2.19 bits per heavy atom. The van der Waals surface area contributed by atoms with Crippen molar-refractivity contribution in [2.24, 2.45) is 5.73 Å². The van der Waals surface area contributed by atoms with Crippen molar-refractivity contribution in [1.29, 1.82) is 0 Å². The van der Waals surface area contributed by atoms with Crippen molar-refractivity contribution in [3.05, 3.63) is 58.7 Å². The summed E-state index contributed by atoms with van der Waals surface area (Å²) >= 11 is 0. The highest BCUT2D eigenvalue weighted by Gasteiger charge is 2.12. The molecule has 1 atom stereocenters. The van der Waals surface area contributed by atoms with Crippen LogP contribution in [0.25, 0.3) is 0 Å². The van der Waals surface area contributed by atoms with Gasteiger partial charge >= 0.3 is 0 Å². The van der Waals surface area contributed by atoms with E-state index in [0.717, 1.165) is 23.5 Å². The van der Waals surface area contributed by atoms with E-state index in [1.54, 1.807) is 14.2 Å². The first-order chi connectivity index (χ1) is 10.0. The third-order valence-electron chi connectivity index (χ3n) is 3.80. The van der Waals surface area contributed by atoms with Gasteiger partial charge in [-0.1, -0.05) is 18.2 Å². The van der Waals surface area contributed by atoms with Crippen molar-refractivity contribution in [1.82, 2.24) is 0 Å². The van der Waals surface area contributed by atoms with Gasteiger partial charge in [0.15, 0.2) is 0 Å². The van der Waals surface area contributed by atoms with Crippen LogP contribution < -0.4 is 15.2 Å². The largest absolute Gasteiger partial charge is 0.497 e. The maximum absolute atomic E-state index is 6.39. The molecule has 2 rings (SSSR count). The molecule has 0 spiro atoms. The molecule has 0 aliphatic carbocycles. The van der Waals surface area contributed by atoms with Gasteiger partial charge in [0, 0.05) is 6.04 Å². The predicted octanol–water partition coefficient (Wildman–Crippen LogP) is 3.56. The lowest BCUT2D eigenvalue weighted by atomic mass is 9.94. The minimum atomic E-state index is -0.0250. The van der Waals surface area contributed by atoms with Crippen LogP contribution in [-0.2, 0) is 6.42 Å². The summed E-state index contributed by atoms with van der Waals surface area (Å²) in [6, 6.07) is 12.2. The van der Waals surface area contributed by atoms with Gasteiger partial charge in [0.1, 0.15) is 11.5 Å². The molecule has 1 unspecified atom stereocenters. The van der Waals surface area contributed by atoms with Gasteiger partial charge in [-0.05, 0) is 60.7 Å². The van der Waals surface area contributed by atoms with Crippen molar-refractivity contribution in [2.45, 2.75) is 26.3 Å². The summed E-state index contributed by atoms with van der Waals surface area (Å²) in [7, 11) is 3.36. The van der Waals surface area contributed by atoms with Gasteiger partial charge in [0.05, 0.1) is 14.2 Å². The van der Waals surface area contributed by atoms with Crippen LogP contribution in [0.4, 0.5) is 0 Å². The molecule has 0 saturated carbocycles. The van der Waals surface area contributed by atoms with Crippen LogP contribution >= 0.6 is 0 Å². The second-order valence-electron chi connectivity index (χ2n) is 5.34. The molecular weight excluding hydrogens is 262 g/mol. The fourth-order valence-corrected chi connectivity index (χ4v) is 2.56. The van der Waals surface area contributed by atoms with E-state index in [2.05, 4.69) is 31.2 Å². The number of hydrogen-bond donors (Lipinski definition) is 1. The Balaban J connectivity index is 2.19. The first-order valence-electron chi connectivity index (χ1n) is 7.08. The molecule has 0 heterocycles. The zero-order valence-electron chi connectivity index (χ0n) is 13.1. The molecule has 0 bridgehead atoms. The second kappa shape index (κ2) is 6.64. The number of methoxy groups -OCH3 is 2. The van der Waals surface area contributed by atoms with Crippen molar-refractivity contribution < 1.29 is 9.47 Å². The number of hydrogen-bond acceptors (Lipinski definition) is 3. The smallest absolute Gasteiger partial charge is 0.122 e. The van der Waals surface area contributed by atoms with Gasteiger partial charge in [0.25, 0.3) is 0 Å². The molecule has 0 radical (unpaired) electrons. The average molecular weight is 285 g/mol. The summed E-state index contributed by atoms with van der Waals surface area (Å²) in [5.74, 6) is 1.77. The van der Waals surface area contributed by atoms with Crippen molar-refractivity contribution in [2.75, 3.05) is 14.2 Å². The first-order valence-corrected chi connectivity index (χ1v) is 7.08. The predicted molar refractivity (Wildman–Crippen MR) is 86.1 cm³/mol. The summed E-state index contributed by atoms with van der Waals surface area (Å²) < 4.78 is 10.5. The van der Waals surface area contributed by atoms with Gasteiger partial charge in [-0.3, -0.25) is 0 Å². The molecular formula is C18H23NO2. The highest BCUT2D eigenvalue weighted by molar-refractivity contribution is 5.43. The lowest BCUT2D eigenvalue weighted by Crippen LogP contribution is -2.15. The third-order valence-corrected chi connectivity index (χ3v) is 3.80. The lowest BCUT2D eigenvalue weighted by Gasteiger charge is -2.17. The molecule has 21 heavy (non-hydrogen) atoms. The number of aryl methyl sites for hydroxylation is 2. The van der Waals surface area contributed by atoms with E-state index in [4.69, 9.17) is 15.2 Å². The summed E-state index contributed by atoms with van der Waals surface area (Å²) in [5, 5.41) is 0. The number of ether oxygens (including phenoxy) is 2. The molecule has 2 N–H and O–H groups in total. The Kier molecular flexibility index (Phi) is 4.86. The molecule has 0 fully saturated rings. The molecule has 2 aromatic rings. The lowest BCUT2D eigenvalue weighted by molar-refractivity contribution is 0.411. The summed E-state index contributed by atoms with van der Waals surface area (Å²) in [5.41, 5.74) is 11.0. The van der Waals surface area contributed by atoms with Crippen LogP contribution in [0.5, 0.6) is 11.5 Å². The number of rotatable bonds is 5. The molecule has 3 nitrogen and oxygen atoms in total. The number of benzene rings is 2. The molecule has 0 aliphatic heterocycles. The monoisotopic (exact) mass is 285 g/mol. The van der Waals surface area contributed by atoms with E-state index in [1.807, 2.05) is 19.1 Å². The Bertz CT molecular complexity index is 605. The molecule has 0 aromatic heterocycles. The molecule has 112 valence electrons. The van der Waals surface area contributed by atoms with Gasteiger partial charge in [-0.25, -0.2) is 0 Å². The van der Waals surface area contributed by atoms with Gasteiger partial charge in [0.2, 0.25) is 0 Å². The highest BCUT2D eigenvalue weighted by Crippen LogP contribution is 2.27. The molecule has 0 aliphatic rings. The fraction of sp³-hybridized carbons (Fsp3) is 0.333. The van der Waals surface area contributed by atoms with E-state index in [1.165, 1.54) is 16.7 Å². The average Bonchev–Trinajstić information content (AvgIpc) is 2.49. The van der Waals surface area contributed by atoms with Gasteiger partial charge in [-0.15, -0.1) is 0 Å². The summed E-state index contributed by atoms with van der Waals surface area (Å²) in [4.78, 5) is 0. The zero-order valence-corrected chi connectivity index (χ0v) is 13.1. The SMILES string of the molecule is COc1ccc(CC(N)c2cc(C)c(OC)cc2C)cc1. The molecule has 2 aromatic carbocycles. The normalized spacial score (nSPS) is 12.0. The van der Waals surface area contributed by atoms with Crippen LogP contribution in [0.1, 0.15) is 28.3 Å². The Hall–Kier alpha value is -2.00. The van der Waals surface area contributed by atoms with Gasteiger partial charge < -0.3 is 15.2 Å². The minimum Gasteiger partial charge on any atom is -0.497 e. The fourth-order valence-electron chi connectivity index (χ4n) is 2.56. The Labute approximate surface area is 126 Å². The van der Waals surface area contributed by atoms with Crippen LogP contribution in [0.15, 0.2) is 36.4 Å². The van der Waals surface area contributed by atoms with Crippen molar-refractivity contribution in [3.8, 4) is 11.5 Å². The zero-order chi connectivity index (χ0) is 15.4. The van der Waals surface area contributed by atoms with E-state index in [0.29, 0.717) is 0 Å². The Morgan fingerprint density at radius 2 is 1.62 bits per heavy atom.